The van der Waals surface area contributed by atoms with Crippen molar-refractivity contribution in [2.45, 2.75) is 52.1 Å². The van der Waals surface area contributed by atoms with Gasteiger partial charge in [-0.2, -0.15) is 0 Å². The molecule has 19 heavy (non-hydrogen) atoms. The molecule has 2 unspecified atom stereocenters. The van der Waals surface area contributed by atoms with Gasteiger partial charge in [0.05, 0.1) is 5.41 Å². The molecule has 4 heteroatoms. The Bertz CT molecular complexity index is 313. The Balaban J connectivity index is 2.09. The van der Waals surface area contributed by atoms with E-state index in [1.54, 1.807) is 0 Å². The van der Waals surface area contributed by atoms with E-state index in [4.69, 9.17) is 0 Å². The topological polar surface area (TPSA) is 35.6 Å². The molecule has 4 nitrogen and oxygen atoms in total. The van der Waals surface area contributed by atoms with E-state index in [9.17, 15) is 4.79 Å². The van der Waals surface area contributed by atoms with Crippen molar-refractivity contribution in [2.75, 3.05) is 33.2 Å². The molecule has 2 rings (SSSR count). The van der Waals surface area contributed by atoms with Crippen LogP contribution < -0.4 is 5.32 Å². The summed E-state index contributed by atoms with van der Waals surface area (Å²) in [5.41, 5.74) is -0.0966. The summed E-state index contributed by atoms with van der Waals surface area (Å²) in [6.45, 7) is 10.3. The third-order valence-corrected chi connectivity index (χ3v) is 5.34. The predicted molar refractivity (Wildman–Crippen MR) is 78.1 cm³/mol. The monoisotopic (exact) mass is 267 g/mol. The summed E-state index contributed by atoms with van der Waals surface area (Å²) in [5.74, 6) is 0.406. The highest BCUT2D eigenvalue weighted by atomic mass is 16.2. The first kappa shape index (κ1) is 14.8. The molecule has 0 saturated carbocycles. The number of hydrogen-bond acceptors (Lipinski definition) is 3. The number of nitrogens with one attached hydrogen (secondary N) is 1. The normalized spacial score (nSPS) is 32.3. The average molecular weight is 267 g/mol. The predicted octanol–water partition coefficient (Wildman–Crippen LogP) is 1.32. The van der Waals surface area contributed by atoms with E-state index in [1.807, 2.05) is 0 Å². The van der Waals surface area contributed by atoms with E-state index < -0.39 is 0 Å². The van der Waals surface area contributed by atoms with E-state index in [2.05, 4.69) is 42.9 Å². The highest BCUT2D eigenvalue weighted by molar-refractivity contribution is 5.83. The van der Waals surface area contributed by atoms with Gasteiger partial charge in [0.2, 0.25) is 5.91 Å². The Morgan fingerprint density at radius 3 is 2.21 bits per heavy atom. The maximum Gasteiger partial charge on any atom is 0.228 e. The molecule has 1 amide bonds. The molecular formula is C15H29N3O. The molecule has 2 atom stereocenters. The Kier molecular flexibility index (Phi) is 4.51. The summed E-state index contributed by atoms with van der Waals surface area (Å²) in [5, 5.41) is 3.38. The van der Waals surface area contributed by atoms with Crippen molar-refractivity contribution in [3.8, 4) is 0 Å². The van der Waals surface area contributed by atoms with Gasteiger partial charge >= 0.3 is 0 Å². The maximum absolute atomic E-state index is 13.0. The Morgan fingerprint density at radius 1 is 1.21 bits per heavy atom. The van der Waals surface area contributed by atoms with Crippen molar-refractivity contribution in [3.63, 3.8) is 0 Å². The number of nitrogens with zero attached hydrogens (tertiary/aromatic N) is 2. The van der Waals surface area contributed by atoms with Gasteiger partial charge < -0.3 is 10.2 Å². The molecule has 1 N–H and O–H groups in total. The molecule has 0 aliphatic carbocycles. The van der Waals surface area contributed by atoms with Crippen LogP contribution in [0.1, 0.15) is 40.0 Å². The Hall–Kier alpha value is -0.610. The van der Waals surface area contributed by atoms with Crippen LogP contribution in [0.2, 0.25) is 0 Å². The lowest BCUT2D eigenvalue weighted by molar-refractivity contribution is -0.148. The number of carbonyl (C=O) groups is 1. The number of rotatable bonds is 2. The lowest BCUT2D eigenvalue weighted by Gasteiger charge is -2.46. The third kappa shape index (κ3) is 2.79. The minimum absolute atomic E-state index is 0.0966. The van der Waals surface area contributed by atoms with Crippen LogP contribution in [0.3, 0.4) is 0 Å². The van der Waals surface area contributed by atoms with Gasteiger partial charge in [0.25, 0.3) is 0 Å². The zero-order valence-electron chi connectivity index (χ0n) is 12.9. The van der Waals surface area contributed by atoms with Gasteiger partial charge in [0.15, 0.2) is 0 Å². The molecule has 2 fully saturated rings. The summed E-state index contributed by atoms with van der Waals surface area (Å²) >= 11 is 0. The first-order valence-corrected chi connectivity index (χ1v) is 7.72. The van der Waals surface area contributed by atoms with Crippen molar-refractivity contribution in [1.82, 2.24) is 15.1 Å². The third-order valence-electron chi connectivity index (χ3n) is 5.34. The standard InChI is InChI=1S/C15H29N3O/c1-5-15(6-8-16-9-7-15)14(19)18-10-12(2)17(4)13(3)11-18/h12-13,16H,5-11H2,1-4H3. The summed E-state index contributed by atoms with van der Waals surface area (Å²) in [7, 11) is 2.16. The van der Waals surface area contributed by atoms with E-state index in [0.717, 1.165) is 45.4 Å². The second-order valence-corrected chi connectivity index (χ2v) is 6.46. The van der Waals surface area contributed by atoms with Gasteiger partial charge in [0, 0.05) is 25.2 Å². The summed E-state index contributed by atoms with van der Waals surface area (Å²) in [4.78, 5) is 17.5. The second kappa shape index (κ2) is 5.80. The van der Waals surface area contributed by atoms with E-state index in [1.165, 1.54) is 0 Å². The fraction of sp³-hybridized carbons (Fsp3) is 0.933. The van der Waals surface area contributed by atoms with Gasteiger partial charge in [-0.05, 0) is 53.2 Å². The highest BCUT2D eigenvalue weighted by Gasteiger charge is 2.42. The molecule has 0 radical (unpaired) electrons. The van der Waals surface area contributed by atoms with Crippen molar-refractivity contribution < 1.29 is 4.79 Å². The molecule has 2 heterocycles. The molecule has 0 aromatic heterocycles. The molecule has 0 aromatic rings. The van der Waals surface area contributed by atoms with Crippen LogP contribution in [0.25, 0.3) is 0 Å². The lowest BCUT2D eigenvalue weighted by Crippen LogP contribution is -2.60. The van der Waals surface area contributed by atoms with Crippen LogP contribution in [-0.2, 0) is 4.79 Å². The molecular weight excluding hydrogens is 238 g/mol. The number of carbonyl (C=O) groups excluding carboxylic acids is 1. The van der Waals surface area contributed by atoms with Gasteiger partial charge in [-0.1, -0.05) is 6.92 Å². The first-order chi connectivity index (χ1) is 9.00. The smallest absolute Gasteiger partial charge is 0.228 e. The first-order valence-electron chi connectivity index (χ1n) is 7.72. The van der Waals surface area contributed by atoms with Crippen LogP contribution >= 0.6 is 0 Å². The van der Waals surface area contributed by atoms with Crippen LogP contribution in [-0.4, -0.2) is 61.0 Å². The fourth-order valence-corrected chi connectivity index (χ4v) is 3.53. The average Bonchev–Trinajstić information content (AvgIpc) is 2.44. The largest absolute Gasteiger partial charge is 0.339 e. The lowest BCUT2D eigenvalue weighted by atomic mass is 9.75. The van der Waals surface area contributed by atoms with Crippen molar-refractivity contribution >= 4 is 5.91 Å². The quantitative estimate of drug-likeness (QED) is 0.819. The number of likely N-dealkylation sites (N-methyl/N-ethyl adjacent to an activating group) is 1. The Morgan fingerprint density at radius 2 is 1.74 bits per heavy atom. The number of amides is 1. The summed E-state index contributed by atoms with van der Waals surface area (Å²) < 4.78 is 0. The molecule has 2 aliphatic heterocycles. The van der Waals surface area contributed by atoms with Crippen molar-refractivity contribution in [1.29, 1.82) is 0 Å². The Labute approximate surface area is 117 Å². The second-order valence-electron chi connectivity index (χ2n) is 6.46. The summed E-state index contributed by atoms with van der Waals surface area (Å²) in [6.07, 6.45) is 2.97. The van der Waals surface area contributed by atoms with E-state index in [-0.39, 0.29) is 5.41 Å². The van der Waals surface area contributed by atoms with Gasteiger partial charge in [-0.25, -0.2) is 0 Å². The minimum atomic E-state index is -0.0966. The highest BCUT2D eigenvalue weighted by Crippen LogP contribution is 2.35. The van der Waals surface area contributed by atoms with Crippen LogP contribution in [0.5, 0.6) is 0 Å². The SMILES string of the molecule is CCC1(C(=O)N2CC(C)N(C)C(C)C2)CCNCC1. The van der Waals surface area contributed by atoms with E-state index in [0.29, 0.717) is 18.0 Å². The molecule has 110 valence electrons. The fourth-order valence-electron chi connectivity index (χ4n) is 3.53. The molecule has 2 saturated heterocycles. The number of piperazine rings is 1. The van der Waals surface area contributed by atoms with Crippen molar-refractivity contribution in [2.24, 2.45) is 5.41 Å². The van der Waals surface area contributed by atoms with Gasteiger partial charge in [-0.15, -0.1) is 0 Å². The van der Waals surface area contributed by atoms with Crippen LogP contribution in [0, 0.1) is 5.41 Å². The molecule has 0 spiro atoms. The minimum Gasteiger partial charge on any atom is -0.339 e. The van der Waals surface area contributed by atoms with Gasteiger partial charge in [-0.3, -0.25) is 9.69 Å². The van der Waals surface area contributed by atoms with Crippen LogP contribution in [0.4, 0.5) is 0 Å². The summed E-state index contributed by atoms with van der Waals surface area (Å²) in [6, 6.07) is 0.923. The molecule has 0 aromatic carbocycles. The van der Waals surface area contributed by atoms with E-state index >= 15 is 0 Å². The number of hydrogen-bond donors (Lipinski definition) is 1. The molecule has 0 bridgehead atoms. The van der Waals surface area contributed by atoms with Gasteiger partial charge in [0.1, 0.15) is 0 Å². The zero-order chi connectivity index (χ0) is 14.0. The van der Waals surface area contributed by atoms with Crippen LogP contribution in [0.15, 0.2) is 0 Å². The number of piperidine rings is 1. The maximum atomic E-state index is 13.0. The molecule has 2 aliphatic rings. The van der Waals surface area contributed by atoms with Crippen molar-refractivity contribution in [3.05, 3.63) is 0 Å². The zero-order valence-corrected chi connectivity index (χ0v) is 12.9.